The molecule has 0 bridgehead atoms. The van der Waals surface area contributed by atoms with E-state index in [1.54, 1.807) is 6.92 Å². The van der Waals surface area contributed by atoms with Crippen molar-refractivity contribution in [3.63, 3.8) is 0 Å². The summed E-state index contributed by atoms with van der Waals surface area (Å²) in [5.41, 5.74) is 0.798. The van der Waals surface area contributed by atoms with Crippen LogP contribution in [0.1, 0.15) is 13.3 Å². The summed E-state index contributed by atoms with van der Waals surface area (Å²) in [6.07, 6.45) is 0.877. The zero-order valence-corrected chi connectivity index (χ0v) is 7.57. The summed E-state index contributed by atoms with van der Waals surface area (Å²) in [5.74, 6) is -0.777. The topological polar surface area (TPSA) is 66.8 Å². The molecule has 1 rings (SSSR count). The van der Waals surface area contributed by atoms with E-state index < -0.39 is 12.1 Å². The van der Waals surface area contributed by atoms with E-state index in [2.05, 4.69) is 4.74 Å². The number of esters is 1. The van der Waals surface area contributed by atoms with E-state index in [4.69, 9.17) is 0 Å². The molecule has 0 aliphatic heterocycles. The quantitative estimate of drug-likeness (QED) is 0.588. The largest absolute Gasteiger partial charge is 0.507 e. The standard InChI is InChI=1S/C9H12O4/c1-5-3-6(10)4-7(11)8(5)9(12)13-2/h4,6,10-11H,3H2,1-2H3. The Morgan fingerprint density at radius 1 is 1.69 bits per heavy atom. The van der Waals surface area contributed by atoms with Crippen LogP contribution in [0, 0.1) is 0 Å². The van der Waals surface area contributed by atoms with Gasteiger partial charge in [-0.1, -0.05) is 5.57 Å². The van der Waals surface area contributed by atoms with Gasteiger partial charge in [0.1, 0.15) is 11.3 Å². The molecule has 13 heavy (non-hydrogen) atoms. The Bertz CT molecular complexity index is 288. The minimum Gasteiger partial charge on any atom is -0.507 e. The summed E-state index contributed by atoms with van der Waals surface area (Å²) in [6.45, 7) is 1.68. The molecule has 0 saturated heterocycles. The molecule has 0 radical (unpaired) electrons. The number of rotatable bonds is 1. The number of methoxy groups -OCH3 is 1. The second kappa shape index (κ2) is 3.62. The van der Waals surface area contributed by atoms with E-state index in [1.165, 1.54) is 13.2 Å². The molecule has 0 aromatic heterocycles. The van der Waals surface area contributed by atoms with Gasteiger partial charge in [-0.15, -0.1) is 0 Å². The number of carbonyl (C=O) groups excluding carboxylic acids is 1. The highest BCUT2D eigenvalue weighted by Crippen LogP contribution is 2.24. The lowest BCUT2D eigenvalue weighted by Gasteiger charge is -2.17. The molecule has 0 aromatic rings. The highest BCUT2D eigenvalue weighted by Gasteiger charge is 2.23. The number of hydrogen-bond acceptors (Lipinski definition) is 4. The van der Waals surface area contributed by atoms with E-state index in [1.807, 2.05) is 0 Å². The monoisotopic (exact) mass is 184 g/mol. The second-order valence-corrected chi connectivity index (χ2v) is 2.97. The summed E-state index contributed by atoms with van der Waals surface area (Å²) in [7, 11) is 1.25. The van der Waals surface area contributed by atoms with Gasteiger partial charge < -0.3 is 14.9 Å². The first-order chi connectivity index (χ1) is 6.06. The summed E-state index contributed by atoms with van der Waals surface area (Å²) in [4.78, 5) is 11.1. The predicted octanol–water partition coefficient (Wildman–Crippen LogP) is 0.682. The highest BCUT2D eigenvalue weighted by molar-refractivity contribution is 5.93. The van der Waals surface area contributed by atoms with Gasteiger partial charge in [0, 0.05) is 0 Å². The molecule has 4 nitrogen and oxygen atoms in total. The second-order valence-electron chi connectivity index (χ2n) is 2.97. The van der Waals surface area contributed by atoms with Crippen molar-refractivity contribution in [3.8, 4) is 0 Å². The molecule has 1 unspecified atom stereocenters. The molecule has 0 heterocycles. The fourth-order valence-corrected chi connectivity index (χ4v) is 1.34. The van der Waals surface area contributed by atoms with Crippen molar-refractivity contribution < 1.29 is 19.7 Å². The molecule has 1 aliphatic rings. The lowest BCUT2D eigenvalue weighted by Crippen LogP contribution is -2.18. The number of hydrogen-bond donors (Lipinski definition) is 2. The molecule has 0 amide bonds. The fraction of sp³-hybridized carbons (Fsp3) is 0.444. The first-order valence-corrected chi connectivity index (χ1v) is 3.93. The molecule has 72 valence electrons. The van der Waals surface area contributed by atoms with E-state index in [0.717, 1.165) is 0 Å². The Morgan fingerprint density at radius 2 is 2.31 bits per heavy atom. The predicted molar refractivity (Wildman–Crippen MR) is 46.1 cm³/mol. The van der Waals surface area contributed by atoms with Crippen LogP contribution in [0.2, 0.25) is 0 Å². The van der Waals surface area contributed by atoms with Crippen LogP contribution in [0.4, 0.5) is 0 Å². The van der Waals surface area contributed by atoms with Crippen LogP contribution in [0.15, 0.2) is 23.0 Å². The van der Waals surface area contributed by atoms with Gasteiger partial charge >= 0.3 is 5.97 Å². The first-order valence-electron chi connectivity index (χ1n) is 3.93. The summed E-state index contributed by atoms with van der Waals surface area (Å²) in [5, 5.41) is 18.6. The third-order valence-electron chi connectivity index (χ3n) is 1.94. The van der Waals surface area contributed by atoms with Crippen LogP contribution in [-0.2, 0) is 9.53 Å². The van der Waals surface area contributed by atoms with Crippen molar-refractivity contribution in [2.75, 3.05) is 7.11 Å². The van der Waals surface area contributed by atoms with Gasteiger partial charge in [-0.3, -0.25) is 0 Å². The van der Waals surface area contributed by atoms with Gasteiger partial charge in [0.2, 0.25) is 0 Å². The summed E-state index contributed by atoms with van der Waals surface area (Å²) >= 11 is 0. The maximum Gasteiger partial charge on any atom is 0.341 e. The van der Waals surface area contributed by atoms with E-state index in [-0.39, 0.29) is 11.3 Å². The lowest BCUT2D eigenvalue weighted by molar-refractivity contribution is -0.136. The van der Waals surface area contributed by atoms with Gasteiger partial charge in [-0.2, -0.15) is 0 Å². The third kappa shape index (κ3) is 1.89. The molecule has 1 aliphatic carbocycles. The maximum absolute atomic E-state index is 11.1. The van der Waals surface area contributed by atoms with Gasteiger partial charge in [0.25, 0.3) is 0 Å². The molecule has 0 saturated carbocycles. The van der Waals surface area contributed by atoms with Crippen LogP contribution >= 0.6 is 0 Å². The van der Waals surface area contributed by atoms with E-state index in [9.17, 15) is 15.0 Å². The Morgan fingerprint density at radius 3 is 2.77 bits per heavy atom. The van der Waals surface area contributed by atoms with Crippen molar-refractivity contribution in [1.29, 1.82) is 0 Å². The Kier molecular flexibility index (Phi) is 2.72. The third-order valence-corrected chi connectivity index (χ3v) is 1.94. The van der Waals surface area contributed by atoms with Gasteiger partial charge in [0.15, 0.2) is 0 Å². The lowest BCUT2D eigenvalue weighted by atomic mass is 9.95. The normalized spacial score (nSPS) is 22.7. The van der Waals surface area contributed by atoms with Crippen molar-refractivity contribution >= 4 is 5.97 Å². The molecule has 0 aromatic carbocycles. The molecular formula is C9H12O4. The number of ether oxygens (including phenoxy) is 1. The fourth-order valence-electron chi connectivity index (χ4n) is 1.34. The van der Waals surface area contributed by atoms with Gasteiger partial charge in [-0.25, -0.2) is 4.79 Å². The van der Waals surface area contributed by atoms with Crippen molar-refractivity contribution in [1.82, 2.24) is 0 Å². The highest BCUT2D eigenvalue weighted by atomic mass is 16.5. The van der Waals surface area contributed by atoms with Crippen LogP contribution < -0.4 is 0 Å². The minimum absolute atomic E-state index is 0.160. The minimum atomic E-state index is -0.714. The molecule has 0 spiro atoms. The smallest absolute Gasteiger partial charge is 0.341 e. The van der Waals surface area contributed by atoms with Crippen LogP contribution in [0.3, 0.4) is 0 Å². The SMILES string of the molecule is COC(=O)C1=C(C)CC(O)C=C1O. The summed E-state index contributed by atoms with van der Waals surface area (Å²) in [6, 6.07) is 0. The maximum atomic E-state index is 11.1. The molecule has 2 N–H and O–H groups in total. The number of carbonyl (C=O) groups is 1. The Labute approximate surface area is 76.1 Å². The van der Waals surface area contributed by atoms with Crippen LogP contribution in [0.25, 0.3) is 0 Å². The first kappa shape index (κ1) is 9.80. The van der Waals surface area contributed by atoms with Crippen LogP contribution in [-0.4, -0.2) is 29.4 Å². The number of aliphatic hydroxyl groups is 2. The van der Waals surface area contributed by atoms with Gasteiger partial charge in [0.05, 0.1) is 13.2 Å². The Hall–Kier alpha value is -1.29. The van der Waals surface area contributed by atoms with Crippen molar-refractivity contribution in [2.24, 2.45) is 0 Å². The molecular weight excluding hydrogens is 172 g/mol. The zero-order chi connectivity index (χ0) is 10.0. The summed E-state index contributed by atoms with van der Waals surface area (Å²) < 4.78 is 4.49. The van der Waals surface area contributed by atoms with Crippen molar-refractivity contribution in [3.05, 3.63) is 23.0 Å². The average Bonchev–Trinajstić information content (AvgIpc) is 2.02. The van der Waals surface area contributed by atoms with Gasteiger partial charge in [-0.05, 0) is 19.4 Å². The van der Waals surface area contributed by atoms with Crippen molar-refractivity contribution in [2.45, 2.75) is 19.4 Å². The average molecular weight is 184 g/mol. The molecule has 1 atom stereocenters. The van der Waals surface area contributed by atoms with E-state index >= 15 is 0 Å². The molecule has 0 fully saturated rings. The van der Waals surface area contributed by atoms with Crippen LogP contribution in [0.5, 0.6) is 0 Å². The molecule has 4 heteroatoms. The number of aliphatic hydroxyl groups excluding tert-OH is 2. The van der Waals surface area contributed by atoms with E-state index in [0.29, 0.717) is 12.0 Å². The zero-order valence-electron chi connectivity index (χ0n) is 7.57. The Balaban J connectivity index is 3.01.